The number of hydrogen-bond acceptors (Lipinski definition) is 3. The van der Waals surface area contributed by atoms with Crippen LogP contribution in [0.4, 0.5) is 0 Å². The molecule has 0 aromatic carbocycles. The SMILES string of the molecule is Cn1ccn2cnnc2c1=O. The Bertz CT molecular complexity index is 441. The lowest BCUT2D eigenvalue weighted by atomic mass is 10.6. The van der Waals surface area contributed by atoms with Gasteiger partial charge in [0.1, 0.15) is 6.33 Å². The lowest BCUT2D eigenvalue weighted by molar-refractivity contribution is 0.841. The second-order valence-electron chi connectivity index (χ2n) is 2.28. The zero-order valence-corrected chi connectivity index (χ0v) is 5.93. The first-order valence-electron chi connectivity index (χ1n) is 3.14. The van der Waals surface area contributed by atoms with Crippen LogP contribution in [0.1, 0.15) is 0 Å². The molecule has 2 aromatic heterocycles. The third-order valence-electron chi connectivity index (χ3n) is 1.54. The molecule has 0 spiro atoms. The van der Waals surface area contributed by atoms with Crippen LogP contribution in [0.3, 0.4) is 0 Å². The summed E-state index contributed by atoms with van der Waals surface area (Å²) in [5.74, 6) is 0. The number of hydrogen-bond donors (Lipinski definition) is 0. The van der Waals surface area contributed by atoms with Gasteiger partial charge in [0, 0.05) is 19.4 Å². The average molecular weight is 150 g/mol. The molecular weight excluding hydrogens is 144 g/mol. The Morgan fingerprint density at radius 2 is 2.27 bits per heavy atom. The van der Waals surface area contributed by atoms with E-state index in [9.17, 15) is 4.79 Å². The van der Waals surface area contributed by atoms with Crippen LogP contribution in [-0.4, -0.2) is 19.2 Å². The lowest BCUT2D eigenvalue weighted by Gasteiger charge is -1.94. The number of nitrogens with zero attached hydrogens (tertiary/aromatic N) is 4. The molecule has 56 valence electrons. The zero-order valence-electron chi connectivity index (χ0n) is 5.93. The van der Waals surface area contributed by atoms with E-state index in [2.05, 4.69) is 10.2 Å². The first kappa shape index (κ1) is 6.09. The molecule has 2 aromatic rings. The lowest BCUT2D eigenvalue weighted by Crippen LogP contribution is -2.17. The highest BCUT2D eigenvalue weighted by molar-refractivity contribution is 5.32. The molecule has 0 bridgehead atoms. The largest absolute Gasteiger partial charge is 0.314 e. The van der Waals surface area contributed by atoms with Crippen LogP contribution in [0, 0.1) is 0 Å². The Kier molecular flexibility index (Phi) is 1.06. The van der Waals surface area contributed by atoms with Gasteiger partial charge in [0.25, 0.3) is 5.56 Å². The van der Waals surface area contributed by atoms with Crippen molar-refractivity contribution >= 4 is 5.65 Å². The summed E-state index contributed by atoms with van der Waals surface area (Å²) >= 11 is 0. The van der Waals surface area contributed by atoms with Gasteiger partial charge in [0.2, 0.25) is 5.65 Å². The Morgan fingerprint density at radius 3 is 3.09 bits per heavy atom. The maximum absolute atomic E-state index is 11.2. The highest BCUT2D eigenvalue weighted by Crippen LogP contribution is 1.87. The molecule has 0 atom stereocenters. The van der Waals surface area contributed by atoms with Gasteiger partial charge in [-0.3, -0.25) is 9.20 Å². The molecular formula is C6H6N4O. The number of aromatic nitrogens is 4. The smallest absolute Gasteiger partial charge is 0.295 e. The molecule has 0 aliphatic carbocycles. The summed E-state index contributed by atoms with van der Waals surface area (Å²) in [6, 6.07) is 0. The standard InChI is InChI=1S/C6H6N4O/c1-9-2-3-10-4-7-8-5(10)6(9)11/h2-4H,1H3. The summed E-state index contributed by atoms with van der Waals surface area (Å²) in [7, 11) is 1.68. The number of aryl methyl sites for hydroxylation is 1. The molecule has 2 rings (SSSR count). The molecule has 0 aliphatic rings. The molecule has 0 N–H and O–H groups in total. The summed E-state index contributed by atoms with van der Waals surface area (Å²) in [6.07, 6.45) is 4.89. The van der Waals surface area contributed by atoms with Gasteiger partial charge in [-0.2, -0.15) is 0 Å². The zero-order chi connectivity index (χ0) is 7.84. The molecule has 0 saturated carbocycles. The molecule has 2 heterocycles. The summed E-state index contributed by atoms with van der Waals surface area (Å²) < 4.78 is 3.05. The Balaban J connectivity index is 3.05. The summed E-state index contributed by atoms with van der Waals surface area (Å²) in [5, 5.41) is 7.26. The fourth-order valence-corrected chi connectivity index (χ4v) is 0.902. The van der Waals surface area contributed by atoms with Gasteiger partial charge < -0.3 is 4.57 Å². The van der Waals surface area contributed by atoms with Crippen LogP contribution in [0.25, 0.3) is 5.65 Å². The number of fused-ring (bicyclic) bond motifs is 1. The molecule has 0 aliphatic heterocycles. The van der Waals surface area contributed by atoms with E-state index in [1.165, 1.54) is 10.9 Å². The topological polar surface area (TPSA) is 52.2 Å². The third kappa shape index (κ3) is 0.739. The van der Waals surface area contributed by atoms with Crippen molar-refractivity contribution in [2.24, 2.45) is 7.05 Å². The van der Waals surface area contributed by atoms with Gasteiger partial charge in [-0.15, -0.1) is 10.2 Å². The summed E-state index contributed by atoms with van der Waals surface area (Å²) in [6.45, 7) is 0. The van der Waals surface area contributed by atoms with E-state index in [4.69, 9.17) is 0 Å². The maximum Gasteiger partial charge on any atom is 0.295 e. The fraction of sp³-hybridized carbons (Fsp3) is 0.167. The van der Waals surface area contributed by atoms with Crippen LogP contribution in [0.15, 0.2) is 23.5 Å². The van der Waals surface area contributed by atoms with Crippen LogP contribution in [0.5, 0.6) is 0 Å². The van der Waals surface area contributed by atoms with Crippen LogP contribution >= 0.6 is 0 Å². The minimum atomic E-state index is -0.134. The van der Waals surface area contributed by atoms with Crippen LogP contribution < -0.4 is 5.56 Å². The van der Waals surface area contributed by atoms with Gasteiger partial charge in [0.15, 0.2) is 0 Å². The highest BCUT2D eigenvalue weighted by Gasteiger charge is 1.99. The van der Waals surface area contributed by atoms with Crippen molar-refractivity contribution in [2.45, 2.75) is 0 Å². The van der Waals surface area contributed by atoms with E-state index in [0.717, 1.165) is 0 Å². The summed E-state index contributed by atoms with van der Waals surface area (Å²) in [4.78, 5) is 11.2. The van der Waals surface area contributed by atoms with Crippen molar-refractivity contribution in [1.29, 1.82) is 0 Å². The van der Waals surface area contributed by atoms with Gasteiger partial charge in [0.05, 0.1) is 0 Å². The normalized spacial score (nSPS) is 10.6. The Hall–Kier alpha value is -1.65. The summed E-state index contributed by atoms with van der Waals surface area (Å²) in [5.41, 5.74) is 0.222. The van der Waals surface area contributed by atoms with E-state index < -0.39 is 0 Å². The molecule has 0 amide bonds. The van der Waals surface area contributed by atoms with Gasteiger partial charge >= 0.3 is 0 Å². The minimum absolute atomic E-state index is 0.134. The van der Waals surface area contributed by atoms with Crippen molar-refractivity contribution in [3.63, 3.8) is 0 Å². The predicted molar refractivity (Wildman–Crippen MR) is 38.2 cm³/mol. The third-order valence-corrected chi connectivity index (χ3v) is 1.54. The van der Waals surface area contributed by atoms with E-state index in [1.54, 1.807) is 23.8 Å². The van der Waals surface area contributed by atoms with E-state index in [-0.39, 0.29) is 5.56 Å². The van der Waals surface area contributed by atoms with Crippen LogP contribution in [0.2, 0.25) is 0 Å². The van der Waals surface area contributed by atoms with Crippen molar-refractivity contribution in [3.05, 3.63) is 29.1 Å². The first-order valence-corrected chi connectivity index (χ1v) is 3.14. The number of rotatable bonds is 0. The van der Waals surface area contributed by atoms with Crippen molar-refractivity contribution in [3.8, 4) is 0 Å². The van der Waals surface area contributed by atoms with Gasteiger partial charge in [-0.1, -0.05) is 0 Å². The minimum Gasteiger partial charge on any atom is -0.314 e. The Morgan fingerprint density at radius 1 is 1.45 bits per heavy atom. The first-order chi connectivity index (χ1) is 5.29. The van der Waals surface area contributed by atoms with Gasteiger partial charge in [-0.05, 0) is 0 Å². The quantitative estimate of drug-likeness (QED) is 0.505. The highest BCUT2D eigenvalue weighted by atomic mass is 16.1. The van der Waals surface area contributed by atoms with Crippen molar-refractivity contribution < 1.29 is 0 Å². The van der Waals surface area contributed by atoms with E-state index in [1.807, 2.05) is 0 Å². The van der Waals surface area contributed by atoms with Crippen molar-refractivity contribution in [1.82, 2.24) is 19.2 Å². The van der Waals surface area contributed by atoms with Crippen LogP contribution in [-0.2, 0) is 7.05 Å². The van der Waals surface area contributed by atoms with Crippen molar-refractivity contribution in [2.75, 3.05) is 0 Å². The molecule has 5 nitrogen and oxygen atoms in total. The second kappa shape index (κ2) is 1.91. The molecule has 11 heavy (non-hydrogen) atoms. The Labute approximate surface area is 61.9 Å². The molecule has 0 fully saturated rings. The molecule has 0 unspecified atom stereocenters. The monoisotopic (exact) mass is 150 g/mol. The van der Waals surface area contributed by atoms with E-state index >= 15 is 0 Å². The second-order valence-corrected chi connectivity index (χ2v) is 2.28. The predicted octanol–water partition coefficient (Wildman–Crippen LogP) is -0.572. The van der Waals surface area contributed by atoms with Gasteiger partial charge in [-0.25, -0.2) is 0 Å². The maximum atomic E-state index is 11.2. The molecule has 5 heteroatoms. The molecule has 0 radical (unpaired) electrons. The average Bonchev–Trinajstić information content (AvgIpc) is 2.45. The molecule has 0 saturated heterocycles. The van der Waals surface area contributed by atoms with E-state index in [0.29, 0.717) is 5.65 Å². The fourth-order valence-electron chi connectivity index (χ4n) is 0.902.